The fourth-order valence-corrected chi connectivity index (χ4v) is 3.18. The number of hydrogen-bond acceptors (Lipinski definition) is 3. The zero-order valence-electron chi connectivity index (χ0n) is 9.76. The fourth-order valence-electron chi connectivity index (χ4n) is 0.856. The molecule has 16 heavy (non-hydrogen) atoms. The Morgan fingerprint density at radius 3 is 2.75 bits per heavy atom. The van der Waals surface area contributed by atoms with Gasteiger partial charge in [0.2, 0.25) is 0 Å². The van der Waals surface area contributed by atoms with Crippen LogP contribution in [-0.2, 0) is 11.2 Å². The van der Waals surface area contributed by atoms with E-state index in [9.17, 15) is 4.55 Å². The van der Waals surface area contributed by atoms with Crippen LogP contribution in [-0.4, -0.2) is 21.8 Å². The van der Waals surface area contributed by atoms with E-state index in [4.69, 9.17) is 0 Å². The van der Waals surface area contributed by atoms with Crippen LogP contribution in [0.5, 0.6) is 0 Å². The van der Waals surface area contributed by atoms with Gasteiger partial charge in [0.15, 0.2) is 0 Å². The first-order valence-electron chi connectivity index (χ1n) is 5.35. The SMILES string of the molecule is C=CC[S+]([O-])CC=CSSCC=CCCC. The Hall–Kier alpha value is 0.230. The average molecular weight is 276 g/mol. The topological polar surface area (TPSA) is 23.1 Å². The Morgan fingerprint density at radius 1 is 1.25 bits per heavy atom. The van der Waals surface area contributed by atoms with Gasteiger partial charge in [-0.15, -0.1) is 0 Å². The Morgan fingerprint density at radius 2 is 2.06 bits per heavy atom. The van der Waals surface area contributed by atoms with Gasteiger partial charge in [-0.05, 0) is 35.2 Å². The Bertz CT molecular complexity index is 214. The van der Waals surface area contributed by atoms with Crippen molar-refractivity contribution in [1.29, 1.82) is 0 Å². The van der Waals surface area contributed by atoms with Gasteiger partial charge in [-0.1, -0.05) is 53.7 Å². The highest BCUT2D eigenvalue weighted by Gasteiger charge is 1.97. The molecular weight excluding hydrogens is 256 g/mol. The van der Waals surface area contributed by atoms with Crippen LogP contribution in [0.25, 0.3) is 0 Å². The molecule has 4 heteroatoms. The molecule has 0 aromatic rings. The normalized spacial score (nSPS) is 13.6. The van der Waals surface area contributed by atoms with Crippen molar-refractivity contribution in [3.63, 3.8) is 0 Å². The molecule has 92 valence electrons. The number of rotatable bonds is 10. The van der Waals surface area contributed by atoms with Crippen molar-refractivity contribution in [2.45, 2.75) is 19.8 Å². The molecule has 0 saturated heterocycles. The number of hydrogen-bond donors (Lipinski definition) is 0. The van der Waals surface area contributed by atoms with Crippen molar-refractivity contribution in [3.8, 4) is 0 Å². The second-order valence-corrected chi connectivity index (χ2v) is 6.94. The van der Waals surface area contributed by atoms with Crippen molar-refractivity contribution in [2.24, 2.45) is 0 Å². The molecule has 0 rings (SSSR count). The van der Waals surface area contributed by atoms with E-state index < -0.39 is 11.2 Å². The molecule has 0 amide bonds. The van der Waals surface area contributed by atoms with Gasteiger partial charge in [-0.3, -0.25) is 0 Å². The van der Waals surface area contributed by atoms with Crippen molar-refractivity contribution < 1.29 is 4.55 Å². The summed E-state index contributed by atoms with van der Waals surface area (Å²) in [5, 5.41) is 2.01. The van der Waals surface area contributed by atoms with Gasteiger partial charge in [0.05, 0.1) is 0 Å². The molecule has 0 aliphatic rings. The lowest BCUT2D eigenvalue weighted by Crippen LogP contribution is -2.06. The van der Waals surface area contributed by atoms with Crippen LogP contribution in [0.1, 0.15) is 19.8 Å². The van der Waals surface area contributed by atoms with E-state index in [1.54, 1.807) is 27.7 Å². The molecule has 1 unspecified atom stereocenters. The van der Waals surface area contributed by atoms with Crippen LogP contribution in [0.2, 0.25) is 0 Å². The predicted octanol–water partition coefficient (Wildman–Crippen LogP) is 4.17. The third-order valence-electron chi connectivity index (χ3n) is 1.59. The van der Waals surface area contributed by atoms with Gasteiger partial charge in [-0.25, -0.2) is 0 Å². The second-order valence-electron chi connectivity index (χ2n) is 3.07. The molecule has 1 atom stereocenters. The molecule has 0 aliphatic heterocycles. The fraction of sp³-hybridized carbons (Fsp3) is 0.500. The molecule has 0 heterocycles. The van der Waals surface area contributed by atoms with E-state index in [0.717, 1.165) is 5.75 Å². The third kappa shape index (κ3) is 12.3. The summed E-state index contributed by atoms with van der Waals surface area (Å²) in [6.07, 6.45) is 10.5. The summed E-state index contributed by atoms with van der Waals surface area (Å²) in [7, 11) is 3.49. The first kappa shape index (κ1) is 16.2. The number of unbranched alkanes of at least 4 members (excludes halogenated alkanes) is 1. The van der Waals surface area contributed by atoms with Crippen LogP contribution < -0.4 is 0 Å². The van der Waals surface area contributed by atoms with E-state index in [1.165, 1.54) is 12.8 Å². The molecule has 0 bridgehead atoms. The molecule has 1 nitrogen and oxygen atoms in total. The van der Waals surface area contributed by atoms with Crippen molar-refractivity contribution in [2.75, 3.05) is 17.3 Å². The highest BCUT2D eigenvalue weighted by molar-refractivity contribution is 8.77. The molecule has 0 aromatic heterocycles. The van der Waals surface area contributed by atoms with Gasteiger partial charge in [-0.2, -0.15) is 0 Å². The summed E-state index contributed by atoms with van der Waals surface area (Å²) in [5.41, 5.74) is 0. The van der Waals surface area contributed by atoms with Gasteiger partial charge in [0, 0.05) is 5.75 Å². The van der Waals surface area contributed by atoms with Crippen LogP contribution in [0, 0.1) is 0 Å². The zero-order chi connectivity index (χ0) is 12.1. The summed E-state index contributed by atoms with van der Waals surface area (Å²) in [5.74, 6) is 2.25. The van der Waals surface area contributed by atoms with Gasteiger partial charge in [0.25, 0.3) is 0 Å². The molecular formula is C12H20OS3. The Labute approximate surface area is 110 Å². The lowest BCUT2D eigenvalue weighted by atomic mass is 10.3. The number of allylic oxidation sites excluding steroid dienone is 1. The molecule has 0 radical (unpaired) electrons. The first-order valence-corrected chi connectivity index (χ1v) is 9.22. The minimum absolute atomic E-state index is 0.585. The summed E-state index contributed by atoms with van der Waals surface area (Å²) in [6, 6.07) is 0. The molecule has 0 saturated carbocycles. The monoisotopic (exact) mass is 276 g/mol. The van der Waals surface area contributed by atoms with E-state index >= 15 is 0 Å². The minimum Gasteiger partial charge on any atom is -0.616 e. The van der Waals surface area contributed by atoms with E-state index in [1.807, 2.05) is 11.5 Å². The maximum Gasteiger partial charge on any atom is 0.124 e. The Kier molecular flexibility index (Phi) is 13.5. The highest BCUT2D eigenvalue weighted by Crippen LogP contribution is 2.22. The summed E-state index contributed by atoms with van der Waals surface area (Å²) in [4.78, 5) is 0. The van der Waals surface area contributed by atoms with Crippen LogP contribution in [0.4, 0.5) is 0 Å². The standard InChI is InChI=1S/C12H20OS3/c1-3-5-6-7-9-14-15-10-8-12-16(13)11-4-2/h4,6-8,10H,2-3,5,9,11-12H2,1H3. The molecule has 0 N–H and O–H groups in total. The quantitative estimate of drug-likeness (QED) is 0.259. The van der Waals surface area contributed by atoms with Gasteiger partial charge in [0.1, 0.15) is 11.5 Å². The maximum atomic E-state index is 11.2. The summed E-state index contributed by atoms with van der Waals surface area (Å²) >= 11 is -0.773. The van der Waals surface area contributed by atoms with Gasteiger partial charge < -0.3 is 4.55 Å². The van der Waals surface area contributed by atoms with Crippen LogP contribution >= 0.6 is 21.6 Å². The molecule has 0 spiro atoms. The lowest BCUT2D eigenvalue weighted by molar-refractivity contribution is 0.601. The first-order chi connectivity index (χ1) is 7.81. The van der Waals surface area contributed by atoms with Crippen LogP contribution in [0.15, 0.2) is 36.3 Å². The van der Waals surface area contributed by atoms with E-state index in [0.29, 0.717) is 11.5 Å². The zero-order valence-corrected chi connectivity index (χ0v) is 12.2. The summed E-state index contributed by atoms with van der Waals surface area (Å²) in [6.45, 7) is 5.74. The van der Waals surface area contributed by atoms with E-state index in [2.05, 4.69) is 25.7 Å². The lowest BCUT2D eigenvalue weighted by Gasteiger charge is -2.04. The smallest absolute Gasteiger partial charge is 0.124 e. The molecule has 0 fully saturated rings. The summed E-state index contributed by atoms with van der Waals surface area (Å²) < 4.78 is 11.2. The maximum absolute atomic E-state index is 11.2. The minimum atomic E-state index is -0.773. The van der Waals surface area contributed by atoms with Crippen LogP contribution in [0.3, 0.4) is 0 Å². The van der Waals surface area contributed by atoms with Crippen molar-refractivity contribution in [3.05, 3.63) is 36.3 Å². The molecule has 0 aliphatic carbocycles. The highest BCUT2D eigenvalue weighted by atomic mass is 33.1. The van der Waals surface area contributed by atoms with E-state index in [-0.39, 0.29) is 0 Å². The molecule has 0 aromatic carbocycles. The largest absolute Gasteiger partial charge is 0.616 e. The third-order valence-corrected chi connectivity index (χ3v) is 4.68. The predicted molar refractivity (Wildman–Crippen MR) is 81.3 cm³/mol. The van der Waals surface area contributed by atoms with Gasteiger partial charge >= 0.3 is 0 Å². The average Bonchev–Trinajstić information content (AvgIpc) is 2.27. The van der Waals surface area contributed by atoms with Crippen molar-refractivity contribution >= 4 is 32.8 Å². The second kappa shape index (κ2) is 13.3. The van der Waals surface area contributed by atoms with Crippen molar-refractivity contribution in [1.82, 2.24) is 0 Å². The Balaban J connectivity index is 3.30.